The van der Waals surface area contributed by atoms with Gasteiger partial charge in [0, 0.05) is 17.8 Å². The molecule has 3 nitrogen and oxygen atoms in total. The Morgan fingerprint density at radius 1 is 1.33 bits per heavy atom. The highest BCUT2D eigenvalue weighted by atomic mass is 16.3. The van der Waals surface area contributed by atoms with Gasteiger partial charge in [0.1, 0.15) is 5.75 Å². The molecule has 0 amide bonds. The summed E-state index contributed by atoms with van der Waals surface area (Å²) in [7, 11) is 4.04. The van der Waals surface area contributed by atoms with E-state index in [9.17, 15) is 5.11 Å². The molecule has 0 spiro atoms. The van der Waals surface area contributed by atoms with Crippen LogP contribution in [-0.4, -0.2) is 42.9 Å². The predicted molar refractivity (Wildman–Crippen MR) is 63.7 cm³/mol. The van der Waals surface area contributed by atoms with Gasteiger partial charge in [-0.1, -0.05) is 12.1 Å². The summed E-state index contributed by atoms with van der Waals surface area (Å²) in [6, 6.07) is 7.27. The first kappa shape index (κ1) is 11.7. The summed E-state index contributed by atoms with van der Waals surface area (Å²) in [6.45, 7) is 3.60. The first-order valence-electron chi connectivity index (χ1n) is 5.05. The summed E-state index contributed by atoms with van der Waals surface area (Å²) >= 11 is 0. The van der Waals surface area contributed by atoms with Gasteiger partial charge < -0.3 is 10.0 Å². The Morgan fingerprint density at radius 2 is 2.00 bits per heavy atom. The third-order valence-corrected chi connectivity index (χ3v) is 2.19. The number of hydrogen-bond acceptors (Lipinski definition) is 3. The summed E-state index contributed by atoms with van der Waals surface area (Å²) in [6.07, 6.45) is 0. The molecule has 82 valence electrons. The van der Waals surface area contributed by atoms with Gasteiger partial charge in [0.05, 0.1) is 6.54 Å². The van der Waals surface area contributed by atoms with Crippen LogP contribution >= 0.6 is 0 Å². The van der Waals surface area contributed by atoms with E-state index in [1.807, 2.05) is 39.2 Å². The zero-order valence-corrected chi connectivity index (χ0v) is 9.57. The van der Waals surface area contributed by atoms with Crippen LogP contribution in [0.3, 0.4) is 0 Å². The van der Waals surface area contributed by atoms with E-state index in [4.69, 9.17) is 0 Å². The third-order valence-electron chi connectivity index (χ3n) is 2.19. The van der Waals surface area contributed by atoms with E-state index in [2.05, 4.69) is 9.89 Å². The average Bonchev–Trinajstić information content (AvgIpc) is 2.17. The fraction of sp³-hybridized carbons (Fsp3) is 0.417. The Kier molecular flexibility index (Phi) is 4.31. The summed E-state index contributed by atoms with van der Waals surface area (Å²) < 4.78 is 0. The number of para-hydroxylation sites is 1. The van der Waals surface area contributed by atoms with Crippen molar-refractivity contribution in [3.05, 3.63) is 29.8 Å². The molecule has 1 aromatic rings. The van der Waals surface area contributed by atoms with E-state index in [0.29, 0.717) is 5.75 Å². The van der Waals surface area contributed by atoms with Crippen molar-refractivity contribution in [2.75, 3.05) is 27.2 Å². The smallest absolute Gasteiger partial charge is 0.124 e. The molecule has 3 heteroatoms. The molecule has 0 saturated carbocycles. The molecule has 0 aliphatic rings. The van der Waals surface area contributed by atoms with Crippen molar-refractivity contribution in [3.8, 4) is 5.75 Å². The summed E-state index contributed by atoms with van der Waals surface area (Å²) in [4.78, 5) is 6.50. The lowest BCUT2D eigenvalue weighted by Gasteiger charge is -2.07. The molecule has 0 fully saturated rings. The van der Waals surface area contributed by atoms with Gasteiger partial charge in [-0.3, -0.25) is 4.99 Å². The summed E-state index contributed by atoms with van der Waals surface area (Å²) in [5, 5.41) is 9.60. The Morgan fingerprint density at radius 3 is 2.60 bits per heavy atom. The minimum Gasteiger partial charge on any atom is -0.507 e. The molecule has 0 radical (unpaired) electrons. The van der Waals surface area contributed by atoms with Crippen LogP contribution in [0.5, 0.6) is 5.75 Å². The molecule has 0 unspecified atom stereocenters. The van der Waals surface area contributed by atoms with Crippen molar-refractivity contribution in [2.24, 2.45) is 4.99 Å². The fourth-order valence-electron chi connectivity index (χ4n) is 1.28. The van der Waals surface area contributed by atoms with Crippen LogP contribution in [0.15, 0.2) is 29.3 Å². The standard InChI is InChI=1S/C12H18N2O/c1-10(13-8-9-14(2)3)11-6-4-5-7-12(11)15/h4-7,15H,8-9H2,1-3H3/b13-10-. The first-order chi connectivity index (χ1) is 7.11. The molecule has 1 aromatic carbocycles. The van der Waals surface area contributed by atoms with Crippen LogP contribution in [0.4, 0.5) is 0 Å². The number of benzene rings is 1. The van der Waals surface area contributed by atoms with Crippen LogP contribution in [0.1, 0.15) is 12.5 Å². The minimum absolute atomic E-state index is 0.295. The van der Waals surface area contributed by atoms with Gasteiger partial charge in [-0.25, -0.2) is 0 Å². The van der Waals surface area contributed by atoms with Crippen LogP contribution in [0.25, 0.3) is 0 Å². The fourth-order valence-corrected chi connectivity index (χ4v) is 1.28. The number of phenols is 1. The van der Waals surface area contributed by atoms with Crippen LogP contribution in [0, 0.1) is 0 Å². The van der Waals surface area contributed by atoms with Crippen molar-refractivity contribution in [1.82, 2.24) is 4.90 Å². The molecule has 0 aliphatic carbocycles. The van der Waals surface area contributed by atoms with Gasteiger partial charge in [0.15, 0.2) is 0 Å². The number of hydrogen-bond donors (Lipinski definition) is 1. The highest BCUT2D eigenvalue weighted by Crippen LogP contribution is 2.16. The second-order valence-electron chi connectivity index (χ2n) is 3.79. The van der Waals surface area contributed by atoms with E-state index < -0.39 is 0 Å². The number of aromatic hydroxyl groups is 1. The first-order valence-corrected chi connectivity index (χ1v) is 5.05. The maximum Gasteiger partial charge on any atom is 0.124 e. The van der Waals surface area contributed by atoms with Crippen LogP contribution < -0.4 is 0 Å². The summed E-state index contributed by atoms with van der Waals surface area (Å²) in [5.41, 5.74) is 1.70. The molecule has 15 heavy (non-hydrogen) atoms. The largest absolute Gasteiger partial charge is 0.507 e. The molecule has 0 saturated heterocycles. The Bertz CT molecular complexity index is 345. The molecule has 0 aromatic heterocycles. The van der Waals surface area contributed by atoms with Crippen molar-refractivity contribution in [3.63, 3.8) is 0 Å². The lowest BCUT2D eigenvalue weighted by molar-refractivity contribution is 0.420. The minimum atomic E-state index is 0.295. The average molecular weight is 206 g/mol. The Hall–Kier alpha value is -1.35. The molecule has 0 heterocycles. The van der Waals surface area contributed by atoms with Gasteiger partial charge in [-0.2, -0.15) is 0 Å². The number of nitrogens with zero attached hydrogens (tertiary/aromatic N) is 2. The lowest BCUT2D eigenvalue weighted by Crippen LogP contribution is -2.16. The number of aliphatic imine (C=N–C) groups is 1. The SMILES string of the molecule is C/C(=N/CCN(C)C)c1ccccc1O. The topological polar surface area (TPSA) is 35.8 Å². The Labute approximate surface area is 91.1 Å². The molecule has 1 N–H and O–H groups in total. The number of rotatable bonds is 4. The normalized spacial score (nSPS) is 12.1. The van der Waals surface area contributed by atoms with Crippen molar-refractivity contribution in [2.45, 2.75) is 6.92 Å². The van der Waals surface area contributed by atoms with Crippen molar-refractivity contribution >= 4 is 5.71 Å². The third kappa shape index (κ3) is 3.72. The number of likely N-dealkylation sites (N-methyl/N-ethyl adjacent to an activating group) is 1. The monoisotopic (exact) mass is 206 g/mol. The molecular weight excluding hydrogens is 188 g/mol. The highest BCUT2D eigenvalue weighted by molar-refractivity contribution is 6.00. The second-order valence-corrected chi connectivity index (χ2v) is 3.79. The molecule has 0 bridgehead atoms. The van der Waals surface area contributed by atoms with Gasteiger partial charge in [0.25, 0.3) is 0 Å². The molecule has 0 atom stereocenters. The van der Waals surface area contributed by atoms with E-state index >= 15 is 0 Å². The van der Waals surface area contributed by atoms with Gasteiger partial charge in [-0.15, -0.1) is 0 Å². The lowest BCUT2D eigenvalue weighted by atomic mass is 10.1. The maximum atomic E-state index is 9.60. The quantitative estimate of drug-likeness (QED) is 0.762. The van der Waals surface area contributed by atoms with E-state index in [-0.39, 0.29) is 0 Å². The van der Waals surface area contributed by atoms with E-state index in [1.54, 1.807) is 6.07 Å². The van der Waals surface area contributed by atoms with E-state index in [0.717, 1.165) is 24.4 Å². The maximum absolute atomic E-state index is 9.60. The molecule has 0 aliphatic heterocycles. The van der Waals surface area contributed by atoms with Crippen molar-refractivity contribution < 1.29 is 5.11 Å². The summed E-state index contributed by atoms with van der Waals surface area (Å²) in [5.74, 6) is 0.295. The van der Waals surface area contributed by atoms with Gasteiger partial charge >= 0.3 is 0 Å². The van der Waals surface area contributed by atoms with Crippen LogP contribution in [0.2, 0.25) is 0 Å². The predicted octanol–water partition coefficient (Wildman–Crippen LogP) is 1.76. The number of phenolic OH excluding ortho intramolecular Hbond substituents is 1. The van der Waals surface area contributed by atoms with Gasteiger partial charge in [0.2, 0.25) is 0 Å². The highest BCUT2D eigenvalue weighted by Gasteiger charge is 2.02. The molecule has 1 rings (SSSR count). The zero-order valence-electron chi connectivity index (χ0n) is 9.57. The second kappa shape index (κ2) is 5.51. The van der Waals surface area contributed by atoms with Crippen molar-refractivity contribution in [1.29, 1.82) is 0 Å². The molecular formula is C12H18N2O. The van der Waals surface area contributed by atoms with Gasteiger partial charge in [-0.05, 0) is 33.2 Å². The van der Waals surface area contributed by atoms with E-state index in [1.165, 1.54) is 0 Å². The van der Waals surface area contributed by atoms with Crippen LogP contribution in [-0.2, 0) is 0 Å². The zero-order chi connectivity index (χ0) is 11.3. The Balaban J connectivity index is 2.68.